The lowest BCUT2D eigenvalue weighted by Gasteiger charge is -2.07. The summed E-state index contributed by atoms with van der Waals surface area (Å²) in [7, 11) is 0. The van der Waals surface area contributed by atoms with Crippen molar-refractivity contribution in [2.24, 2.45) is 0 Å². The van der Waals surface area contributed by atoms with Gasteiger partial charge in [-0.05, 0) is 24.3 Å². The molecule has 0 unspecified atom stereocenters. The zero-order chi connectivity index (χ0) is 11.3. The van der Waals surface area contributed by atoms with Gasteiger partial charge in [-0.1, -0.05) is 0 Å². The Morgan fingerprint density at radius 1 is 0.933 bits per heavy atom. The number of benzene rings is 1. The smallest absolute Gasteiger partial charge is 0.235 e. The summed E-state index contributed by atoms with van der Waals surface area (Å²) in [6.45, 7) is 2.86. The van der Waals surface area contributed by atoms with Crippen LogP contribution in [0.15, 0.2) is 24.3 Å². The third-order valence-electron chi connectivity index (χ3n) is 1.59. The summed E-state index contributed by atoms with van der Waals surface area (Å²) in [6, 6.07) is 6.99. The van der Waals surface area contributed by atoms with Gasteiger partial charge in [0.2, 0.25) is 11.8 Å². The highest BCUT2D eigenvalue weighted by atomic mass is 16.2. The van der Waals surface area contributed by atoms with Gasteiger partial charge in [-0.15, -0.1) is 0 Å². The molecule has 0 aliphatic carbocycles. The van der Waals surface area contributed by atoms with Crippen LogP contribution in [-0.2, 0) is 9.59 Å². The second-order valence-corrected chi connectivity index (χ2v) is 3.06. The molecule has 0 bridgehead atoms. The van der Waals surface area contributed by atoms with Crippen LogP contribution in [0.3, 0.4) is 0 Å². The summed E-state index contributed by atoms with van der Waals surface area (Å²) in [4.78, 5) is 21.3. The Hall–Kier alpha value is -2.04. The largest absolute Gasteiger partial charge is 0.326 e. The van der Waals surface area contributed by atoms with Gasteiger partial charge in [-0.25, -0.2) is 0 Å². The summed E-state index contributed by atoms with van der Waals surface area (Å²) < 4.78 is 0. The van der Waals surface area contributed by atoms with Gasteiger partial charge in [0.15, 0.2) is 0 Å². The fourth-order valence-electron chi connectivity index (χ4n) is 1.00. The summed E-state index contributed by atoms with van der Waals surface area (Å²) in [5.41, 5.74) is 6.63. The fourth-order valence-corrected chi connectivity index (χ4v) is 1.00. The van der Waals surface area contributed by atoms with Crippen LogP contribution in [-0.4, -0.2) is 11.8 Å². The van der Waals surface area contributed by atoms with Crippen molar-refractivity contribution < 1.29 is 9.59 Å². The SMILES string of the molecule is CC(=O)NNc1ccc(NC(C)=O)cc1. The Balaban J connectivity index is 2.56. The Bertz CT molecular complexity index is 359. The highest BCUT2D eigenvalue weighted by Gasteiger charge is 1.96. The van der Waals surface area contributed by atoms with Gasteiger partial charge in [0.1, 0.15) is 0 Å². The minimum atomic E-state index is -0.166. The maximum atomic E-state index is 10.7. The molecule has 1 aromatic carbocycles. The lowest BCUT2D eigenvalue weighted by atomic mass is 10.3. The normalized spacial score (nSPS) is 9.20. The van der Waals surface area contributed by atoms with Crippen molar-refractivity contribution >= 4 is 23.2 Å². The summed E-state index contributed by atoms with van der Waals surface area (Å²) in [6.07, 6.45) is 0. The third-order valence-corrected chi connectivity index (χ3v) is 1.59. The molecule has 5 heteroatoms. The highest BCUT2D eigenvalue weighted by molar-refractivity contribution is 5.88. The Morgan fingerprint density at radius 3 is 1.93 bits per heavy atom. The zero-order valence-corrected chi connectivity index (χ0v) is 8.63. The monoisotopic (exact) mass is 207 g/mol. The molecular weight excluding hydrogens is 194 g/mol. The van der Waals surface area contributed by atoms with Gasteiger partial charge < -0.3 is 5.32 Å². The Morgan fingerprint density at radius 2 is 1.47 bits per heavy atom. The quantitative estimate of drug-likeness (QED) is 0.650. The molecule has 0 heterocycles. The number of hydrogen-bond acceptors (Lipinski definition) is 3. The average molecular weight is 207 g/mol. The summed E-state index contributed by atoms with van der Waals surface area (Å²) in [5.74, 6) is -0.279. The molecule has 2 amide bonds. The van der Waals surface area contributed by atoms with Crippen LogP contribution >= 0.6 is 0 Å². The van der Waals surface area contributed by atoms with E-state index in [-0.39, 0.29) is 11.8 Å². The van der Waals surface area contributed by atoms with Crippen molar-refractivity contribution in [1.29, 1.82) is 0 Å². The molecule has 1 aromatic rings. The van der Waals surface area contributed by atoms with Crippen molar-refractivity contribution in [2.75, 3.05) is 10.7 Å². The van der Waals surface area contributed by atoms with Gasteiger partial charge in [-0.2, -0.15) is 0 Å². The second kappa shape index (κ2) is 4.99. The molecule has 3 N–H and O–H groups in total. The van der Waals surface area contributed by atoms with E-state index in [0.29, 0.717) is 0 Å². The number of amides is 2. The molecule has 0 saturated carbocycles. The molecule has 0 saturated heterocycles. The summed E-state index contributed by atoms with van der Waals surface area (Å²) >= 11 is 0. The number of hydrogen-bond donors (Lipinski definition) is 3. The molecule has 15 heavy (non-hydrogen) atoms. The molecule has 80 valence electrons. The molecule has 0 aliphatic rings. The third kappa shape index (κ3) is 4.12. The number of anilines is 2. The van der Waals surface area contributed by atoms with Crippen LogP contribution in [0.1, 0.15) is 13.8 Å². The van der Waals surface area contributed by atoms with Gasteiger partial charge in [-0.3, -0.25) is 20.4 Å². The molecule has 1 rings (SSSR count). The highest BCUT2D eigenvalue weighted by Crippen LogP contribution is 2.12. The van der Waals surface area contributed by atoms with Gasteiger partial charge in [0, 0.05) is 19.5 Å². The molecule has 5 nitrogen and oxygen atoms in total. The van der Waals surface area contributed by atoms with E-state index in [0.717, 1.165) is 11.4 Å². The Kier molecular flexibility index (Phi) is 3.68. The molecule has 0 fully saturated rings. The van der Waals surface area contributed by atoms with Crippen molar-refractivity contribution in [2.45, 2.75) is 13.8 Å². The number of nitrogens with one attached hydrogen (secondary N) is 3. The Labute approximate surface area is 87.8 Å². The second-order valence-electron chi connectivity index (χ2n) is 3.06. The molecule has 0 radical (unpaired) electrons. The van der Waals surface area contributed by atoms with Crippen LogP contribution in [0, 0.1) is 0 Å². The first kappa shape index (κ1) is 11.0. The van der Waals surface area contributed by atoms with E-state index >= 15 is 0 Å². The number of carbonyl (C=O) groups is 2. The van der Waals surface area contributed by atoms with E-state index in [1.165, 1.54) is 13.8 Å². The first-order valence-corrected chi connectivity index (χ1v) is 4.48. The number of hydrazine groups is 1. The van der Waals surface area contributed by atoms with E-state index < -0.39 is 0 Å². The predicted octanol–water partition coefficient (Wildman–Crippen LogP) is 1.11. The van der Waals surface area contributed by atoms with E-state index in [1.54, 1.807) is 24.3 Å². The molecule has 0 aliphatic heterocycles. The molecule has 0 spiro atoms. The topological polar surface area (TPSA) is 70.2 Å². The van der Waals surface area contributed by atoms with Crippen molar-refractivity contribution in [3.63, 3.8) is 0 Å². The van der Waals surface area contributed by atoms with Crippen LogP contribution in [0.25, 0.3) is 0 Å². The first-order valence-electron chi connectivity index (χ1n) is 4.48. The van der Waals surface area contributed by atoms with Gasteiger partial charge in [0.25, 0.3) is 0 Å². The lowest BCUT2D eigenvalue weighted by Crippen LogP contribution is -2.26. The van der Waals surface area contributed by atoms with Gasteiger partial charge >= 0.3 is 0 Å². The first-order chi connectivity index (χ1) is 7.08. The van der Waals surface area contributed by atoms with Crippen molar-refractivity contribution in [3.05, 3.63) is 24.3 Å². The van der Waals surface area contributed by atoms with Gasteiger partial charge in [0.05, 0.1) is 5.69 Å². The van der Waals surface area contributed by atoms with E-state index in [9.17, 15) is 9.59 Å². The maximum Gasteiger partial charge on any atom is 0.235 e. The standard InChI is InChI=1S/C10H13N3O2/c1-7(14)11-9-3-5-10(6-4-9)13-12-8(2)15/h3-6,13H,1-2H3,(H,11,14)(H,12,15). The minimum Gasteiger partial charge on any atom is -0.326 e. The molecule has 0 aromatic heterocycles. The zero-order valence-electron chi connectivity index (χ0n) is 8.63. The van der Waals surface area contributed by atoms with E-state index in [4.69, 9.17) is 0 Å². The van der Waals surface area contributed by atoms with Crippen LogP contribution < -0.4 is 16.2 Å². The maximum absolute atomic E-state index is 10.7. The molecule has 0 atom stereocenters. The fraction of sp³-hybridized carbons (Fsp3) is 0.200. The minimum absolute atomic E-state index is 0.113. The van der Waals surface area contributed by atoms with Crippen molar-refractivity contribution in [1.82, 2.24) is 5.43 Å². The van der Waals surface area contributed by atoms with Crippen LogP contribution in [0.4, 0.5) is 11.4 Å². The van der Waals surface area contributed by atoms with E-state index in [1.807, 2.05) is 0 Å². The van der Waals surface area contributed by atoms with Crippen LogP contribution in [0.2, 0.25) is 0 Å². The molecular formula is C10H13N3O2. The predicted molar refractivity (Wildman–Crippen MR) is 58.2 cm³/mol. The average Bonchev–Trinajstić information content (AvgIpc) is 2.16. The van der Waals surface area contributed by atoms with E-state index in [2.05, 4.69) is 16.2 Å². The summed E-state index contributed by atoms with van der Waals surface area (Å²) in [5, 5.41) is 2.64. The number of carbonyl (C=O) groups excluding carboxylic acids is 2. The van der Waals surface area contributed by atoms with Crippen molar-refractivity contribution in [3.8, 4) is 0 Å². The van der Waals surface area contributed by atoms with Crippen LogP contribution in [0.5, 0.6) is 0 Å². The lowest BCUT2D eigenvalue weighted by molar-refractivity contribution is -0.118. The number of rotatable bonds is 3.